The van der Waals surface area contributed by atoms with Crippen molar-refractivity contribution in [2.45, 2.75) is 31.6 Å². The number of benzene rings is 2. The van der Waals surface area contributed by atoms with Crippen LogP contribution in [0.15, 0.2) is 42.5 Å². The van der Waals surface area contributed by atoms with E-state index in [1.54, 1.807) is 43.4 Å². The number of hydrogen-bond donors (Lipinski definition) is 3. The molecule has 2 aromatic carbocycles. The summed E-state index contributed by atoms with van der Waals surface area (Å²) < 4.78 is 52.3. The summed E-state index contributed by atoms with van der Waals surface area (Å²) in [6.45, 7) is 0.345. The zero-order valence-electron chi connectivity index (χ0n) is 20.7. The van der Waals surface area contributed by atoms with Crippen LogP contribution in [0, 0.1) is 11.8 Å². The largest absolute Gasteiger partial charge is 0.495 e. The first-order chi connectivity index (χ1) is 17.8. The van der Waals surface area contributed by atoms with Gasteiger partial charge in [-0.1, -0.05) is 12.0 Å². The van der Waals surface area contributed by atoms with Gasteiger partial charge >= 0.3 is 6.18 Å². The molecule has 1 amide bonds. The number of ether oxygens (including phenoxy) is 2. The highest BCUT2D eigenvalue weighted by molar-refractivity contribution is 5.95. The number of rotatable bonds is 7. The molecule has 1 saturated heterocycles. The lowest BCUT2D eigenvalue weighted by atomic mass is 10.1. The molecule has 196 valence electrons. The summed E-state index contributed by atoms with van der Waals surface area (Å²) in [6, 6.07) is 12.2. The van der Waals surface area contributed by atoms with Gasteiger partial charge in [-0.25, -0.2) is 0 Å². The van der Waals surface area contributed by atoms with Crippen LogP contribution in [-0.4, -0.2) is 56.6 Å². The third-order valence-electron chi connectivity index (χ3n) is 6.14. The second-order valence-corrected chi connectivity index (χ2v) is 8.65. The Balaban J connectivity index is 1.58. The van der Waals surface area contributed by atoms with Gasteiger partial charge in [0.15, 0.2) is 0 Å². The minimum atomic E-state index is -4.40. The Labute approximate surface area is 213 Å². The van der Waals surface area contributed by atoms with Gasteiger partial charge in [0.05, 0.1) is 30.6 Å². The van der Waals surface area contributed by atoms with E-state index in [9.17, 15) is 18.0 Å². The summed E-state index contributed by atoms with van der Waals surface area (Å²) in [5.74, 6) is 6.03. The molecule has 1 aromatic heterocycles. The van der Waals surface area contributed by atoms with Gasteiger partial charge in [-0.3, -0.25) is 4.79 Å². The lowest BCUT2D eigenvalue weighted by Crippen LogP contribution is -2.27. The van der Waals surface area contributed by atoms with Crippen LogP contribution in [0.5, 0.6) is 5.75 Å². The highest BCUT2D eigenvalue weighted by Crippen LogP contribution is 2.31. The molecule has 0 aliphatic carbocycles. The van der Waals surface area contributed by atoms with E-state index in [0.29, 0.717) is 41.1 Å². The highest BCUT2D eigenvalue weighted by Gasteiger charge is 2.30. The van der Waals surface area contributed by atoms with Crippen LogP contribution in [-0.2, 0) is 11.3 Å². The van der Waals surface area contributed by atoms with Crippen LogP contribution >= 0.6 is 0 Å². The number of nitrogens with one attached hydrogen (secondary N) is 3. The molecule has 3 N–H and O–H groups in total. The number of nitrogens with zero attached hydrogens (tertiary/aromatic N) is 1. The fourth-order valence-corrected chi connectivity index (χ4v) is 4.32. The summed E-state index contributed by atoms with van der Waals surface area (Å²) in [5, 5.41) is 9.82. The number of amides is 1. The van der Waals surface area contributed by atoms with E-state index in [-0.39, 0.29) is 24.2 Å². The van der Waals surface area contributed by atoms with Gasteiger partial charge in [-0.05, 0) is 55.2 Å². The fourth-order valence-electron chi connectivity index (χ4n) is 4.32. The first-order valence-electron chi connectivity index (χ1n) is 11.9. The van der Waals surface area contributed by atoms with Crippen LogP contribution in [0.3, 0.4) is 0 Å². The maximum absolute atomic E-state index is 13.5. The van der Waals surface area contributed by atoms with Gasteiger partial charge in [0.25, 0.3) is 5.91 Å². The summed E-state index contributed by atoms with van der Waals surface area (Å²) in [4.78, 5) is 11.8. The Kier molecular flexibility index (Phi) is 8.14. The van der Waals surface area contributed by atoms with E-state index >= 15 is 0 Å². The van der Waals surface area contributed by atoms with Crippen molar-refractivity contribution in [2.75, 3.05) is 44.5 Å². The van der Waals surface area contributed by atoms with Crippen LogP contribution < -0.4 is 20.7 Å². The van der Waals surface area contributed by atoms with E-state index < -0.39 is 12.7 Å². The van der Waals surface area contributed by atoms with E-state index in [2.05, 4.69) is 27.8 Å². The molecular weight excluding hydrogens is 485 g/mol. The van der Waals surface area contributed by atoms with Gasteiger partial charge in [-0.2, -0.15) is 13.2 Å². The molecule has 0 saturated carbocycles. The average molecular weight is 515 g/mol. The molecule has 0 spiro atoms. The number of halogens is 3. The SMILES string of the molecule is CNC(=O)c1ccc(NCC#Cc2cc3c(NC4CCOCC4)cccc3n2CC(F)(F)F)c(OC)c1. The molecule has 1 aliphatic rings. The summed E-state index contributed by atoms with van der Waals surface area (Å²) in [5.41, 5.74) is 2.59. The number of hydrogen-bond acceptors (Lipinski definition) is 5. The maximum atomic E-state index is 13.5. The van der Waals surface area contributed by atoms with Crippen LogP contribution in [0.1, 0.15) is 28.9 Å². The second-order valence-electron chi connectivity index (χ2n) is 8.65. The zero-order valence-corrected chi connectivity index (χ0v) is 20.7. The molecule has 3 aromatic rings. The number of methoxy groups -OCH3 is 1. The van der Waals surface area contributed by atoms with Crippen molar-refractivity contribution in [3.8, 4) is 17.6 Å². The predicted octanol–water partition coefficient (Wildman–Crippen LogP) is 4.63. The molecular formula is C27H29F3N4O3. The predicted molar refractivity (Wildman–Crippen MR) is 137 cm³/mol. The lowest BCUT2D eigenvalue weighted by Gasteiger charge is -2.24. The number of aromatic nitrogens is 1. The first-order valence-corrected chi connectivity index (χ1v) is 11.9. The van der Waals surface area contributed by atoms with E-state index in [4.69, 9.17) is 9.47 Å². The molecule has 4 rings (SSSR count). The molecule has 0 unspecified atom stereocenters. The number of alkyl halides is 3. The van der Waals surface area contributed by atoms with Crippen molar-refractivity contribution in [1.82, 2.24) is 9.88 Å². The molecule has 10 heteroatoms. The van der Waals surface area contributed by atoms with Gasteiger partial charge in [0.2, 0.25) is 0 Å². The summed E-state index contributed by atoms with van der Waals surface area (Å²) >= 11 is 0. The Morgan fingerprint density at radius 3 is 2.65 bits per heavy atom. The maximum Gasteiger partial charge on any atom is 0.406 e. The number of anilines is 2. The molecule has 1 aliphatic heterocycles. The Morgan fingerprint density at radius 2 is 1.95 bits per heavy atom. The standard InChI is InChI=1S/C27H29F3N4O3/c1-31-26(35)18-8-9-23(25(15-18)36-2)32-12-4-5-20-16-21-22(33-19-10-13-37-14-11-19)6-3-7-24(21)34(20)17-27(28,29)30/h3,6-9,15-16,19,32-33H,10-14,17H2,1-2H3,(H,31,35). The number of carbonyl (C=O) groups excluding carboxylic acids is 1. The molecule has 7 nitrogen and oxygen atoms in total. The van der Waals surface area contributed by atoms with Crippen LogP contribution in [0.2, 0.25) is 0 Å². The Bertz CT molecular complexity index is 1320. The third kappa shape index (κ3) is 6.49. The van der Waals surface area contributed by atoms with Crippen molar-refractivity contribution >= 4 is 28.2 Å². The zero-order chi connectivity index (χ0) is 26.4. The van der Waals surface area contributed by atoms with Crippen LogP contribution in [0.25, 0.3) is 10.9 Å². The monoisotopic (exact) mass is 514 g/mol. The summed E-state index contributed by atoms with van der Waals surface area (Å²) in [7, 11) is 3.03. The topological polar surface area (TPSA) is 76.5 Å². The number of carbonyl (C=O) groups is 1. The van der Waals surface area contributed by atoms with E-state index in [0.717, 1.165) is 18.5 Å². The molecule has 1 fully saturated rings. The van der Waals surface area contributed by atoms with Gasteiger partial charge in [0, 0.05) is 42.9 Å². The first kappa shape index (κ1) is 26.2. The smallest absolute Gasteiger partial charge is 0.406 e. The van der Waals surface area contributed by atoms with E-state index in [1.165, 1.54) is 11.7 Å². The Morgan fingerprint density at radius 1 is 1.16 bits per heavy atom. The molecule has 2 heterocycles. The van der Waals surface area contributed by atoms with Crippen molar-refractivity contribution in [2.24, 2.45) is 0 Å². The highest BCUT2D eigenvalue weighted by atomic mass is 19.4. The fraction of sp³-hybridized carbons (Fsp3) is 0.370. The van der Waals surface area contributed by atoms with Gasteiger partial charge in [0.1, 0.15) is 12.3 Å². The minimum absolute atomic E-state index is 0.163. The second kappa shape index (κ2) is 11.5. The average Bonchev–Trinajstić information content (AvgIpc) is 3.23. The molecule has 37 heavy (non-hydrogen) atoms. The van der Waals surface area contributed by atoms with Crippen molar-refractivity contribution in [3.05, 3.63) is 53.7 Å². The Hall–Kier alpha value is -3.84. The number of fused-ring (bicyclic) bond motifs is 1. The van der Waals surface area contributed by atoms with Gasteiger partial charge < -0.3 is 30.0 Å². The summed E-state index contributed by atoms with van der Waals surface area (Å²) in [6.07, 6.45) is -2.72. The van der Waals surface area contributed by atoms with Crippen molar-refractivity contribution in [1.29, 1.82) is 0 Å². The molecule has 0 radical (unpaired) electrons. The van der Waals surface area contributed by atoms with Crippen molar-refractivity contribution < 1.29 is 27.4 Å². The molecule has 0 atom stereocenters. The van der Waals surface area contributed by atoms with Crippen LogP contribution in [0.4, 0.5) is 24.5 Å². The van der Waals surface area contributed by atoms with Crippen molar-refractivity contribution in [3.63, 3.8) is 0 Å². The third-order valence-corrected chi connectivity index (χ3v) is 6.14. The lowest BCUT2D eigenvalue weighted by molar-refractivity contribution is -0.140. The van der Waals surface area contributed by atoms with Gasteiger partial charge in [-0.15, -0.1) is 0 Å². The molecule has 0 bridgehead atoms. The minimum Gasteiger partial charge on any atom is -0.495 e. The normalized spacial score (nSPS) is 14.1. The quantitative estimate of drug-likeness (QED) is 0.401. The van der Waals surface area contributed by atoms with E-state index in [1.807, 2.05) is 6.07 Å².